The predicted octanol–water partition coefficient (Wildman–Crippen LogP) is 3.65. The fourth-order valence-corrected chi connectivity index (χ4v) is 2.60. The zero-order chi connectivity index (χ0) is 13.0. The lowest BCUT2D eigenvalue weighted by Crippen LogP contribution is -2.31. The molecule has 1 atom stereocenters. The van der Waals surface area contributed by atoms with Crippen LogP contribution >= 0.6 is 0 Å². The molecular weight excluding hydrogens is 225 g/mol. The van der Waals surface area contributed by atoms with Crippen molar-refractivity contribution in [1.29, 1.82) is 0 Å². The number of hydrogen-bond acceptors (Lipinski definition) is 1. The number of benzene rings is 1. The normalized spacial score (nSPS) is 19.3. The fourth-order valence-electron chi connectivity index (χ4n) is 2.60. The third-order valence-electron chi connectivity index (χ3n) is 3.82. The molecule has 1 aromatic carbocycles. The highest BCUT2D eigenvalue weighted by Gasteiger charge is 2.20. The van der Waals surface area contributed by atoms with E-state index in [1.807, 2.05) is 12.1 Å². The Morgan fingerprint density at radius 1 is 1.22 bits per heavy atom. The van der Waals surface area contributed by atoms with E-state index in [0.29, 0.717) is 0 Å². The molecular formula is C16H22FN. The molecule has 1 N–H and O–H groups in total. The average molecular weight is 247 g/mol. The van der Waals surface area contributed by atoms with Crippen molar-refractivity contribution in [2.45, 2.75) is 32.9 Å². The summed E-state index contributed by atoms with van der Waals surface area (Å²) < 4.78 is 14.1. The van der Waals surface area contributed by atoms with Crippen LogP contribution in [0.3, 0.4) is 0 Å². The number of nitrogens with one attached hydrogen (secondary N) is 1. The lowest BCUT2D eigenvalue weighted by atomic mass is 9.92. The van der Waals surface area contributed by atoms with E-state index in [4.69, 9.17) is 0 Å². The van der Waals surface area contributed by atoms with Crippen molar-refractivity contribution < 1.29 is 4.39 Å². The van der Waals surface area contributed by atoms with Gasteiger partial charge in [0.05, 0.1) is 0 Å². The SMILES string of the molecule is Cc1cccc(C)c1C=CC(F)C1CCNCC1. The van der Waals surface area contributed by atoms with E-state index in [-0.39, 0.29) is 5.92 Å². The molecule has 98 valence electrons. The van der Waals surface area contributed by atoms with Crippen LogP contribution in [0.4, 0.5) is 4.39 Å². The first-order chi connectivity index (χ1) is 8.68. The summed E-state index contributed by atoms with van der Waals surface area (Å²) in [7, 11) is 0. The summed E-state index contributed by atoms with van der Waals surface area (Å²) in [6.07, 6.45) is 4.77. The van der Waals surface area contributed by atoms with E-state index in [0.717, 1.165) is 31.5 Å². The van der Waals surface area contributed by atoms with Gasteiger partial charge in [0.1, 0.15) is 6.17 Å². The summed E-state index contributed by atoms with van der Waals surface area (Å²) in [4.78, 5) is 0. The Bertz CT molecular complexity index is 399. The van der Waals surface area contributed by atoms with Crippen LogP contribution in [0, 0.1) is 19.8 Å². The topological polar surface area (TPSA) is 12.0 Å². The minimum Gasteiger partial charge on any atom is -0.317 e. The van der Waals surface area contributed by atoms with E-state index in [9.17, 15) is 4.39 Å². The van der Waals surface area contributed by atoms with Crippen molar-refractivity contribution in [2.75, 3.05) is 13.1 Å². The Balaban J connectivity index is 2.05. The molecule has 1 aromatic rings. The molecule has 2 heteroatoms. The van der Waals surface area contributed by atoms with Crippen LogP contribution < -0.4 is 5.32 Å². The molecule has 0 bridgehead atoms. The van der Waals surface area contributed by atoms with Gasteiger partial charge >= 0.3 is 0 Å². The van der Waals surface area contributed by atoms with Crippen LogP contribution in [0.2, 0.25) is 0 Å². The summed E-state index contributed by atoms with van der Waals surface area (Å²) in [6.45, 7) is 6.04. The molecule has 0 radical (unpaired) electrons. The minimum atomic E-state index is -0.814. The standard InChI is InChI=1S/C16H22FN/c1-12-4-3-5-13(2)15(12)6-7-16(17)14-8-10-18-11-9-14/h3-7,14,16,18H,8-11H2,1-2H3. The Kier molecular flexibility index (Phi) is 4.54. The van der Waals surface area contributed by atoms with E-state index >= 15 is 0 Å². The van der Waals surface area contributed by atoms with Crippen LogP contribution in [0.15, 0.2) is 24.3 Å². The molecule has 1 fully saturated rings. The second kappa shape index (κ2) is 6.14. The molecule has 1 unspecified atom stereocenters. The van der Waals surface area contributed by atoms with Crippen molar-refractivity contribution in [3.8, 4) is 0 Å². The summed E-state index contributed by atoms with van der Waals surface area (Å²) in [5.41, 5.74) is 3.58. The van der Waals surface area contributed by atoms with Crippen molar-refractivity contribution in [1.82, 2.24) is 5.32 Å². The van der Waals surface area contributed by atoms with Gasteiger partial charge in [0.25, 0.3) is 0 Å². The molecule has 1 aliphatic heterocycles. The summed E-state index contributed by atoms with van der Waals surface area (Å²) >= 11 is 0. The lowest BCUT2D eigenvalue weighted by molar-refractivity contribution is 0.231. The van der Waals surface area contributed by atoms with Crippen molar-refractivity contribution >= 4 is 6.08 Å². The van der Waals surface area contributed by atoms with Gasteiger partial charge in [-0.05, 0) is 68.5 Å². The highest BCUT2D eigenvalue weighted by molar-refractivity contribution is 5.57. The second-order valence-electron chi connectivity index (χ2n) is 5.20. The average Bonchev–Trinajstić information content (AvgIpc) is 2.39. The van der Waals surface area contributed by atoms with E-state index < -0.39 is 6.17 Å². The van der Waals surface area contributed by atoms with Gasteiger partial charge in [-0.3, -0.25) is 0 Å². The van der Waals surface area contributed by atoms with Crippen LogP contribution in [-0.4, -0.2) is 19.3 Å². The monoisotopic (exact) mass is 247 g/mol. The van der Waals surface area contributed by atoms with E-state index in [2.05, 4.69) is 31.3 Å². The number of alkyl halides is 1. The number of hydrogen-bond donors (Lipinski definition) is 1. The van der Waals surface area contributed by atoms with Gasteiger partial charge in [0.15, 0.2) is 0 Å². The van der Waals surface area contributed by atoms with Gasteiger partial charge in [0.2, 0.25) is 0 Å². The predicted molar refractivity (Wildman–Crippen MR) is 75.4 cm³/mol. The van der Waals surface area contributed by atoms with Gasteiger partial charge in [-0.15, -0.1) is 0 Å². The van der Waals surface area contributed by atoms with Crippen molar-refractivity contribution in [3.05, 3.63) is 41.0 Å². The maximum absolute atomic E-state index is 14.1. The molecule has 0 spiro atoms. The van der Waals surface area contributed by atoms with Crippen LogP contribution in [-0.2, 0) is 0 Å². The molecule has 0 saturated carbocycles. The molecule has 18 heavy (non-hydrogen) atoms. The highest BCUT2D eigenvalue weighted by Crippen LogP contribution is 2.22. The Morgan fingerprint density at radius 2 is 1.83 bits per heavy atom. The number of rotatable bonds is 3. The molecule has 1 nitrogen and oxygen atoms in total. The first-order valence-corrected chi connectivity index (χ1v) is 6.77. The first-order valence-electron chi connectivity index (χ1n) is 6.77. The van der Waals surface area contributed by atoms with E-state index in [1.54, 1.807) is 6.08 Å². The molecule has 0 aliphatic carbocycles. The summed E-state index contributed by atoms with van der Waals surface area (Å²) in [6, 6.07) is 6.19. The smallest absolute Gasteiger partial charge is 0.121 e. The Morgan fingerprint density at radius 3 is 2.44 bits per heavy atom. The first kappa shape index (κ1) is 13.3. The Hall–Kier alpha value is -1.15. The van der Waals surface area contributed by atoms with E-state index in [1.165, 1.54) is 11.1 Å². The van der Waals surface area contributed by atoms with Crippen molar-refractivity contribution in [3.63, 3.8) is 0 Å². The summed E-state index contributed by atoms with van der Waals surface area (Å²) in [5, 5.41) is 3.27. The van der Waals surface area contributed by atoms with Crippen LogP contribution in [0.25, 0.3) is 6.08 Å². The molecule has 1 aliphatic rings. The Labute approximate surface area is 109 Å². The third kappa shape index (κ3) is 3.20. The molecule has 2 rings (SSSR count). The molecule has 1 heterocycles. The molecule has 0 amide bonds. The minimum absolute atomic E-state index is 0.187. The van der Waals surface area contributed by atoms with Crippen LogP contribution in [0.5, 0.6) is 0 Å². The largest absolute Gasteiger partial charge is 0.317 e. The van der Waals surface area contributed by atoms with Crippen molar-refractivity contribution in [2.24, 2.45) is 5.92 Å². The van der Waals surface area contributed by atoms with Gasteiger partial charge in [0, 0.05) is 0 Å². The van der Waals surface area contributed by atoms with Crippen LogP contribution in [0.1, 0.15) is 29.5 Å². The highest BCUT2D eigenvalue weighted by atomic mass is 19.1. The lowest BCUT2D eigenvalue weighted by Gasteiger charge is -2.24. The van der Waals surface area contributed by atoms with Gasteiger partial charge in [-0.1, -0.05) is 24.3 Å². The molecule has 0 aromatic heterocycles. The maximum atomic E-state index is 14.1. The summed E-state index contributed by atoms with van der Waals surface area (Å²) in [5.74, 6) is 0.187. The quantitative estimate of drug-likeness (QED) is 0.859. The molecule has 1 saturated heterocycles. The van der Waals surface area contributed by atoms with Gasteiger partial charge < -0.3 is 5.32 Å². The zero-order valence-corrected chi connectivity index (χ0v) is 11.2. The number of aryl methyl sites for hydroxylation is 2. The maximum Gasteiger partial charge on any atom is 0.121 e. The van der Waals surface area contributed by atoms with Gasteiger partial charge in [-0.2, -0.15) is 0 Å². The number of allylic oxidation sites excluding steroid dienone is 1. The third-order valence-corrected chi connectivity index (χ3v) is 3.82. The zero-order valence-electron chi connectivity index (χ0n) is 11.2. The fraction of sp³-hybridized carbons (Fsp3) is 0.500. The van der Waals surface area contributed by atoms with Gasteiger partial charge in [-0.25, -0.2) is 4.39 Å². The number of halogens is 1. The number of piperidine rings is 1. The second-order valence-corrected chi connectivity index (χ2v) is 5.20.